The Morgan fingerprint density at radius 3 is 2.42 bits per heavy atom. The van der Waals surface area contributed by atoms with Gasteiger partial charge in [0.1, 0.15) is 0 Å². The number of nitrogen functional groups attached to an aromatic ring is 1. The average Bonchev–Trinajstić information content (AvgIpc) is 2.71. The zero-order valence-electron chi connectivity index (χ0n) is 12.3. The molecule has 5 nitrogen and oxygen atoms in total. The molecular weight excluding hydrogens is 260 g/mol. The second kappa shape index (κ2) is 5.54. The Hall–Kier alpha value is -1.01. The van der Waals surface area contributed by atoms with Crippen LogP contribution in [0.1, 0.15) is 27.7 Å². The van der Waals surface area contributed by atoms with E-state index in [2.05, 4.69) is 34.9 Å². The van der Waals surface area contributed by atoms with Gasteiger partial charge in [0.25, 0.3) is 0 Å². The van der Waals surface area contributed by atoms with Crippen LogP contribution in [-0.4, -0.2) is 47.6 Å². The van der Waals surface area contributed by atoms with Crippen LogP contribution in [-0.2, 0) is 0 Å². The highest BCUT2D eigenvalue weighted by atomic mass is 32.1. The van der Waals surface area contributed by atoms with E-state index in [1.807, 2.05) is 6.92 Å². The maximum atomic E-state index is 5.87. The summed E-state index contributed by atoms with van der Waals surface area (Å²) in [6, 6.07) is 0. The van der Waals surface area contributed by atoms with Crippen LogP contribution in [0.3, 0.4) is 0 Å². The molecule has 0 amide bonds. The van der Waals surface area contributed by atoms with Gasteiger partial charge in [-0.3, -0.25) is 4.90 Å². The Kier molecular flexibility index (Phi) is 4.20. The summed E-state index contributed by atoms with van der Waals surface area (Å²) in [4.78, 5) is 4.84. The number of nitrogens with two attached hydrogens (primary N) is 1. The molecule has 1 aliphatic rings. The summed E-state index contributed by atoms with van der Waals surface area (Å²) < 4.78 is 9.84. The van der Waals surface area contributed by atoms with Crippen LogP contribution in [0.5, 0.6) is 5.75 Å². The van der Waals surface area contributed by atoms with Gasteiger partial charge in [-0.2, -0.15) is 4.37 Å². The lowest BCUT2D eigenvalue weighted by atomic mass is 10.1. The molecule has 0 unspecified atom stereocenters. The first-order chi connectivity index (χ1) is 8.93. The van der Waals surface area contributed by atoms with Crippen molar-refractivity contribution in [1.82, 2.24) is 9.27 Å². The number of aromatic nitrogens is 1. The fourth-order valence-corrected chi connectivity index (χ4v) is 3.16. The van der Waals surface area contributed by atoms with Gasteiger partial charge in [0.05, 0.1) is 6.61 Å². The molecule has 1 aliphatic heterocycles. The van der Waals surface area contributed by atoms with E-state index < -0.39 is 0 Å². The number of rotatable bonds is 3. The molecule has 0 radical (unpaired) electrons. The molecule has 0 aromatic carbocycles. The quantitative estimate of drug-likeness (QED) is 0.920. The minimum Gasteiger partial charge on any atom is -0.487 e. The second-order valence-corrected chi connectivity index (χ2v) is 6.53. The number of ether oxygens (including phenoxy) is 1. The number of anilines is 2. The first kappa shape index (κ1) is 14.4. The van der Waals surface area contributed by atoms with Gasteiger partial charge in [-0.15, -0.1) is 0 Å². The molecular formula is C13H24N4OS. The summed E-state index contributed by atoms with van der Waals surface area (Å²) in [5.74, 6) is 1.27. The van der Waals surface area contributed by atoms with Crippen molar-refractivity contribution >= 4 is 22.4 Å². The van der Waals surface area contributed by atoms with Gasteiger partial charge in [-0.05, 0) is 39.2 Å². The van der Waals surface area contributed by atoms with Crippen molar-refractivity contribution in [2.24, 2.45) is 0 Å². The molecule has 0 atom stereocenters. The Balaban J connectivity index is 2.06. The zero-order valence-corrected chi connectivity index (χ0v) is 13.1. The van der Waals surface area contributed by atoms with E-state index in [-0.39, 0.29) is 5.54 Å². The SMILES string of the molecule is CCOc1c(N)nsc1N1CCN(C(C)(C)C)CC1. The fourth-order valence-electron chi connectivity index (χ4n) is 2.35. The van der Waals surface area contributed by atoms with E-state index in [0.717, 1.165) is 36.9 Å². The summed E-state index contributed by atoms with van der Waals surface area (Å²) in [5.41, 5.74) is 6.11. The van der Waals surface area contributed by atoms with Gasteiger partial charge in [0.2, 0.25) is 0 Å². The van der Waals surface area contributed by atoms with Crippen molar-refractivity contribution in [2.45, 2.75) is 33.2 Å². The second-order valence-electron chi connectivity index (χ2n) is 5.78. The molecule has 2 rings (SSSR count). The number of hydrogen-bond acceptors (Lipinski definition) is 6. The minimum atomic E-state index is 0.238. The van der Waals surface area contributed by atoms with Gasteiger partial charge < -0.3 is 15.4 Å². The fraction of sp³-hybridized carbons (Fsp3) is 0.769. The molecule has 19 heavy (non-hydrogen) atoms. The van der Waals surface area contributed by atoms with Gasteiger partial charge in [-0.25, -0.2) is 0 Å². The normalized spacial score (nSPS) is 17.8. The Bertz CT molecular complexity index is 419. The molecule has 2 N–H and O–H groups in total. The predicted octanol–water partition coefficient (Wildman–Crippen LogP) is 2.04. The molecule has 1 aromatic rings. The van der Waals surface area contributed by atoms with Crippen LogP contribution in [0.25, 0.3) is 0 Å². The minimum absolute atomic E-state index is 0.238. The zero-order chi connectivity index (χ0) is 14.0. The largest absolute Gasteiger partial charge is 0.487 e. The maximum absolute atomic E-state index is 5.87. The third-order valence-corrected chi connectivity index (χ3v) is 4.37. The lowest BCUT2D eigenvalue weighted by Crippen LogP contribution is -2.53. The lowest BCUT2D eigenvalue weighted by molar-refractivity contribution is 0.128. The van der Waals surface area contributed by atoms with Crippen LogP contribution < -0.4 is 15.4 Å². The van der Waals surface area contributed by atoms with Crippen molar-refractivity contribution < 1.29 is 4.74 Å². The maximum Gasteiger partial charge on any atom is 0.197 e. The van der Waals surface area contributed by atoms with Crippen molar-refractivity contribution in [3.8, 4) is 5.75 Å². The van der Waals surface area contributed by atoms with Gasteiger partial charge >= 0.3 is 0 Å². The van der Waals surface area contributed by atoms with Crippen LogP contribution in [0, 0.1) is 0 Å². The standard InChI is InChI=1S/C13H24N4OS/c1-5-18-10-11(14)15-19-12(10)16-6-8-17(9-7-16)13(2,3)4/h5-9H2,1-4H3,(H2,14,15). The third kappa shape index (κ3) is 3.12. The highest BCUT2D eigenvalue weighted by Gasteiger charge is 2.28. The highest BCUT2D eigenvalue weighted by molar-refractivity contribution is 7.11. The van der Waals surface area contributed by atoms with E-state index in [0.29, 0.717) is 12.4 Å². The topological polar surface area (TPSA) is 54.6 Å². The molecule has 0 aliphatic carbocycles. The van der Waals surface area contributed by atoms with Crippen LogP contribution in [0.4, 0.5) is 10.8 Å². The third-order valence-electron chi connectivity index (χ3n) is 3.46. The van der Waals surface area contributed by atoms with Crippen molar-refractivity contribution in [2.75, 3.05) is 43.4 Å². The number of hydrogen-bond donors (Lipinski definition) is 1. The molecule has 6 heteroatoms. The van der Waals surface area contributed by atoms with E-state index in [4.69, 9.17) is 10.5 Å². The van der Waals surface area contributed by atoms with E-state index in [1.54, 1.807) is 0 Å². The molecule has 1 saturated heterocycles. The van der Waals surface area contributed by atoms with Crippen LogP contribution >= 0.6 is 11.5 Å². The molecule has 1 aromatic heterocycles. The Morgan fingerprint density at radius 2 is 1.89 bits per heavy atom. The van der Waals surface area contributed by atoms with Crippen molar-refractivity contribution in [3.05, 3.63) is 0 Å². The van der Waals surface area contributed by atoms with Gasteiger partial charge in [0.15, 0.2) is 16.6 Å². The first-order valence-electron chi connectivity index (χ1n) is 6.81. The summed E-state index contributed by atoms with van der Waals surface area (Å²) in [7, 11) is 0. The van der Waals surface area contributed by atoms with Gasteiger partial charge in [-0.1, -0.05) is 0 Å². The molecule has 0 saturated carbocycles. The number of piperazine rings is 1. The summed E-state index contributed by atoms with van der Waals surface area (Å²) >= 11 is 1.44. The molecule has 108 valence electrons. The Labute approximate surface area is 119 Å². The summed E-state index contributed by atoms with van der Waals surface area (Å²) in [5, 5.41) is 1.08. The highest BCUT2D eigenvalue weighted by Crippen LogP contribution is 2.38. The smallest absolute Gasteiger partial charge is 0.197 e. The lowest BCUT2D eigenvalue weighted by Gasteiger charge is -2.42. The summed E-state index contributed by atoms with van der Waals surface area (Å²) in [6.45, 7) is 13.5. The van der Waals surface area contributed by atoms with Crippen LogP contribution in [0.2, 0.25) is 0 Å². The number of nitrogens with zero attached hydrogens (tertiary/aromatic N) is 3. The average molecular weight is 284 g/mol. The van der Waals surface area contributed by atoms with Gasteiger partial charge in [0, 0.05) is 31.7 Å². The molecule has 0 spiro atoms. The van der Waals surface area contributed by atoms with Crippen molar-refractivity contribution in [3.63, 3.8) is 0 Å². The van der Waals surface area contributed by atoms with E-state index >= 15 is 0 Å². The predicted molar refractivity (Wildman–Crippen MR) is 81.2 cm³/mol. The monoisotopic (exact) mass is 284 g/mol. The van der Waals surface area contributed by atoms with Crippen LogP contribution in [0.15, 0.2) is 0 Å². The van der Waals surface area contributed by atoms with Crippen molar-refractivity contribution in [1.29, 1.82) is 0 Å². The first-order valence-corrected chi connectivity index (χ1v) is 7.58. The molecule has 1 fully saturated rings. The molecule has 2 heterocycles. The molecule has 0 bridgehead atoms. The van der Waals surface area contributed by atoms with E-state index in [1.165, 1.54) is 11.5 Å². The van der Waals surface area contributed by atoms with E-state index in [9.17, 15) is 0 Å². The Morgan fingerprint density at radius 1 is 1.26 bits per heavy atom. The summed E-state index contributed by atoms with van der Waals surface area (Å²) in [6.07, 6.45) is 0.